The third-order valence-electron chi connectivity index (χ3n) is 6.21. The standard InChI is InChI=1S/C21H30N6O2/c1-17(28)25-10-2-4-19(15-25)14-24-12-7-18(8-13-24)16-27-21(29)6-5-20(23-27)26-11-3-9-22-26/h3,5-6,9,11,18-19H,2,4,7-8,10,12-16H2,1H3. The molecule has 0 aromatic carbocycles. The molecule has 2 aliphatic heterocycles. The SMILES string of the molecule is CC(=O)N1CCCC(CN2CCC(Cn3nc(-n4cccn4)ccc3=O)CC2)C1. The predicted octanol–water partition coefficient (Wildman–Crippen LogP) is 1.40. The van der Waals surface area contributed by atoms with Crippen molar-refractivity contribution < 1.29 is 4.79 Å². The average Bonchev–Trinajstić information content (AvgIpc) is 3.26. The van der Waals surface area contributed by atoms with Crippen LogP contribution in [-0.2, 0) is 11.3 Å². The summed E-state index contributed by atoms with van der Waals surface area (Å²) in [7, 11) is 0. The van der Waals surface area contributed by atoms with Crippen LogP contribution in [0.25, 0.3) is 5.82 Å². The number of aromatic nitrogens is 4. The summed E-state index contributed by atoms with van der Waals surface area (Å²) in [5.41, 5.74) is -0.0603. The van der Waals surface area contributed by atoms with Crippen molar-refractivity contribution in [2.75, 3.05) is 32.7 Å². The quantitative estimate of drug-likeness (QED) is 0.761. The molecule has 4 rings (SSSR count). The highest BCUT2D eigenvalue weighted by molar-refractivity contribution is 5.73. The van der Waals surface area contributed by atoms with Gasteiger partial charge in [-0.05, 0) is 62.7 Å². The second-order valence-corrected chi connectivity index (χ2v) is 8.38. The number of carbonyl (C=O) groups excluding carboxylic acids is 1. The summed E-state index contributed by atoms with van der Waals surface area (Å²) in [6.07, 6.45) is 8.00. The van der Waals surface area contributed by atoms with Gasteiger partial charge >= 0.3 is 0 Å². The first-order chi connectivity index (χ1) is 14.1. The normalized spacial score (nSPS) is 21.4. The third kappa shape index (κ3) is 4.93. The molecular formula is C21H30N6O2. The molecule has 2 aromatic heterocycles. The molecule has 2 aliphatic rings. The Balaban J connectivity index is 1.30. The van der Waals surface area contributed by atoms with Gasteiger partial charge in [0.2, 0.25) is 5.91 Å². The van der Waals surface area contributed by atoms with Crippen LogP contribution in [-0.4, -0.2) is 68.0 Å². The van der Waals surface area contributed by atoms with Crippen LogP contribution < -0.4 is 5.56 Å². The van der Waals surface area contributed by atoms with Gasteiger partial charge < -0.3 is 9.80 Å². The zero-order valence-electron chi connectivity index (χ0n) is 17.1. The van der Waals surface area contributed by atoms with Crippen molar-refractivity contribution in [2.24, 2.45) is 11.8 Å². The first-order valence-corrected chi connectivity index (χ1v) is 10.6. The summed E-state index contributed by atoms with van der Waals surface area (Å²) in [5, 5.41) is 8.69. The largest absolute Gasteiger partial charge is 0.343 e. The molecule has 1 atom stereocenters. The lowest BCUT2D eigenvalue weighted by molar-refractivity contribution is -0.130. The van der Waals surface area contributed by atoms with Crippen LogP contribution >= 0.6 is 0 Å². The van der Waals surface area contributed by atoms with Crippen molar-refractivity contribution in [1.82, 2.24) is 29.4 Å². The van der Waals surface area contributed by atoms with Gasteiger partial charge in [0.25, 0.3) is 5.56 Å². The molecule has 0 aliphatic carbocycles. The highest BCUT2D eigenvalue weighted by Gasteiger charge is 2.26. The van der Waals surface area contributed by atoms with Crippen LogP contribution in [0.2, 0.25) is 0 Å². The minimum atomic E-state index is -0.0603. The summed E-state index contributed by atoms with van der Waals surface area (Å²) in [5.74, 6) is 1.91. The topological polar surface area (TPSA) is 76.3 Å². The van der Waals surface area contributed by atoms with Gasteiger partial charge in [0, 0.05) is 51.6 Å². The first kappa shape index (κ1) is 19.8. The molecule has 2 aromatic rings. The van der Waals surface area contributed by atoms with Crippen molar-refractivity contribution in [2.45, 2.75) is 39.2 Å². The lowest BCUT2D eigenvalue weighted by atomic mass is 9.93. The number of likely N-dealkylation sites (tertiary alicyclic amines) is 2. The number of hydrogen-bond acceptors (Lipinski definition) is 5. The Morgan fingerprint density at radius 1 is 1.10 bits per heavy atom. The maximum absolute atomic E-state index is 12.3. The monoisotopic (exact) mass is 398 g/mol. The Kier molecular flexibility index (Phi) is 6.08. The molecule has 0 bridgehead atoms. The van der Waals surface area contributed by atoms with Crippen LogP contribution in [0, 0.1) is 11.8 Å². The van der Waals surface area contributed by atoms with Gasteiger partial charge in [-0.2, -0.15) is 5.10 Å². The number of amides is 1. The fourth-order valence-electron chi connectivity index (χ4n) is 4.56. The van der Waals surface area contributed by atoms with E-state index >= 15 is 0 Å². The van der Waals surface area contributed by atoms with Crippen molar-refractivity contribution in [1.29, 1.82) is 0 Å². The summed E-state index contributed by atoms with van der Waals surface area (Å²) < 4.78 is 3.26. The molecule has 2 fully saturated rings. The molecule has 0 N–H and O–H groups in total. The van der Waals surface area contributed by atoms with E-state index in [1.54, 1.807) is 34.6 Å². The van der Waals surface area contributed by atoms with Gasteiger partial charge in [-0.15, -0.1) is 5.10 Å². The van der Waals surface area contributed by atoms with Crippen LogP contribution in [0.1, 0.15) is 32.6 Å². The van der Waals surface area contributed by atoms with Crippen molar-refractivity contribution in [3.8, 4) is 5.82 Å². The molecule has 8 heteroatoms. The van der Waals surface area contributed by atoms with Crippen LogP contribution in [0.5, 0.6) is 0 Å². The predicted molar refractivity (Wildman–Crippen MR) is 110 cm³/mol. The van der Waals surface area contributed by atoms with Crippen molar-refractivity contribution in [3.05, 3.63) is 40.9 Å². The maximum atomic E-state index is 12.3. The number of rotatable bonds is 5. The Hall–Kier alpha value is -2.48. The number of hydrogen-bond donors (Lipinski definition) is 0. The van der Waals surface area contributed by atoms with Gasteiger partial charge in [-0.1, -0.05) is 0 Å². The molecule has 4 heterocycles. The summed E-state index contributed by atoms with van der Waals surface area (Å²) in [6.45, 7) is 7.31. The summed E-state index contributed by atoms with van der Waals surface area (Å²) in [4.78, 5) is 28.4. The van der Waals surface area contributed by atoms with Gasteiger partial charge in [0.05, 0.1) is 0 Å². The van der Waals surface area contributed by atoms with E-state index in [-0.39, 0.29) is 11.5 Å². The van der Waals surface area contributed by atoms with E-state index in [2.05, 4.69) is 15.1 Å². The number of piperidine rings is 2. The fraction of sp³-hybridized carbons (Fsp3) is 0.619. The summed E-state index contributed by atoms with van der Waals surface area (Å²) >= 11 is 0. The van der Waals surface area contributed by atoms with Crippen molar-refractivity contribution >= 4 is 5.91 Å². The van der Waals surface area contributed by atoms with Crippen LogP contribution in [0.15, 0.2) is 35.4 Å². The fourth-order valence-corrected chi connectivity index (χ4v) is 4.56. The molecule has 2 saturated heterocycles. The van der Waals surface area contributed by atoms with Crippen LogP contribution in [0.4, 0.5) is 0 Å². The average molecular weight is 399 g/mol. The minimum absolute atomic E-state index is 0.0603. The second-order valence-electron chi connectivity index (χ2n) is 8.38. The van der Waals surface area contributed by atoms with E-state index in [1.165, 1.54) is 6.42 Å². The second kappa shape index (κ2) is 8.90. The third-order valence-corrected chi connectivity index (χ3v) is 6.21. The molecule has 0 radical (unpaired) electrons. The molecule has 8 nitrogen and oxygen atoms in total. The van der Waals surface area contributed by atoms with E-state index in [0.29, 0.717) is 24.2 Å². The molecular weight excluding hydrogens is 368 g/mol. The van der Waals surface area contributed by atoms with E-state index in [4.69, 9.17) is 0 Å². The molecule has 1 unspecified atom stereocenters. The molecule has 29 heavy (non-hydrogen) atoms. The van der Waals surface area contributed by atoms with E-state index in [1.807, 2.05) is 17.2 Å². The number of carbonyl (C=O) groups is 1. The Bertz CT molecular complexity index is 870. The molecule has 1 amide bonds. The van der Waals surface area contributed by atoms with Gasteiger partial charge in [-0.3, -0.25) is 9.59 Å². The van der Waals surface area contributed by atoms with Gasteiger partial charge in [-0.25, -0.2) is 9.36 Å². The lowest BCUT2D eigenvalue weighted by Crippen LogP contribution is -2.45. The Morgan fingerprint density at radius 3 is 2.66 bits per heavy atom. The first-order valence-electron chi connectivity index (χ1n) is 10.6. The highest BCUT2D eigenvalue weighted by Crippen LogP contribution is 2.23. The lowest BCUT2D eigenvalue weighted by Gasteiger charge is -2.38. The van der Waals surface area contributed by atoms with Gasteiger partial charge in [0.15, 0.2) is 5.82 Å². The molecule has 156 valence electrons. The Labute approximate surface area is 171 Å². The van der Waals surface area contributed by atoms with Crippen LogP contribution in [0.3, 0.4) is 0 Å². The zero-order chi connectivity index (χ0) is 20.2. The van der Waals surface area contributed by atoms with E-state index in [0.717, 1.165) is 52.0 Å². The van der Waals surface area contributed by atoms with E-state index in [9.17, 15) is 9.59 Å². The molecule has 0 spiro atoms. The summed E-state index contributed by atoms with van der Waals surface area (Å²) in [6, 6.07) is 5.13. The maximum Gasteiger partial charge on any atom is 0.266 e. The Morgan fingerprint density at radius 2 is 1.93 bits per heavy atom. The molecule has 0 saturated carbocycles. The minimum Gasteiger partial charge on any atom is -0.343 e. The number of nitrogens with zero attached hydrogens (tertiary/aromatic N) is 6. The smallest absolute Gasteiger partial charge is 0.266 e. The van der Waals surface area contributed by atoms with Crippen molar-refractivity contribution in [3.63, 3.8) is 0 Å². The highest BCUT2D eigenvalue weighted by atomic mass is 16.2. The zero-order valence-corrected chi connectivity index (χ0v) is 17.1. The van der Waals surface area contributed by atoms with E-state index < -0.39 is 0 Å². The van der Waals surface area contributed by atoms with Gasteiger partial charge in [0.1, 0.15) is 0 Å².